The molecule has 1 unspecified atom stereocenters. The van der Waals surface area contributed by atoms with Gasteiger partial charge >= 0.3 is 0 Å². The molecule has 22 heavy (non-hydrogen) atoms. The molecule has 0 aromatic heterocycles. The van der Waals surface area contributed by atoms with E-state index in [9.17, 15) is 4.79 Å². The first-order chi connectivity index (χ1) is 10.3. The lowest BCUT2D eigenvalue weighted by Gasteiger charge is -2.36. The van der Waals surface area contributed by atoms with Gasteiger partial charge in [-0.25, -0.2) is 0 Å². The summed E-state index contributed by atoms with van der Waals surface area (Å²) in [6.07, 6.45) is 3.36. The Kier molecular flexibility index (Phi) is 6.24. The third-order valence-corrected chi connectivity index (χ3v) is 4.42. The fraction of sp³-hybridized carbons (Fsp3) is 0.588. The second-order valence-electron chi connectivity index (χ2n) is 6.13. The maximum atomic E-state index is 12.1. The maximum Gasteiger partial charge on any atom is 0.234 e. The van der Waals surface area contributed by atoms with Gasteiger partial charge in [0.25, 0.3) is 0 Å². The summed E-state index contributed by atoms with van der Waals surface area (Å²) in [5.41, 5.74) is 2.67. The van der Waals surface area contributed by atoms with Crippen LogP contribution in [0.1, 0.15) is 36.9 Å². The van der Waals surface area contributed by atoms with Gasteiger partial charge in [-0.05, 0) is 30.4 Å². The summed E-state index contributed by atoms with van der Waals surface area (Å²) in [6, 6.07) is 9.57. The Hall–Kier alpha value is -1.10. The molecule has 1 aromatic rings. The molecule has 1 aliphatic heterocycles. The monoisotopic (exact) mass is 323 g/mol. The van der Waals surface area contributed by atoms with E-state index in [1.807, 2.05) is 0 Å². The van der Waals surface area contributed by atoms with Gasteiger partial charge < -0.3 is 10.6 Å². The van der Waals surface area contributed by atoms with Crippen molar-refractivity contribution in [1.82, 2.24) is 15.5 Å². The minimum atomic E-state index is 0. The van der Waals surface area contributed by atoms with Crippen molar-refractivity contribution in [2.24, 2.45) is 0 Å². The number of carbonyl (C=O) groups is 1. The average molecular weight is 324 g/mol. The minimum Gasteiger partial charge on any atom is -0.352 e. The predicted octanol–water partition coefficient (Wildman–Crippen LogP) is 1.90. The number of aryl methyl sites for hydroxylation is 1. The number of hydrogen-bond donors (Lipinski definition) is 2. The van der Waals surface area contributed by atoms with Gasteiger partial charge in [-0.15, -0.1) is 12.4 Å². The van der Waals surface area contributed by atoms with Crippen LogP contribution in [0.25, 0.3) is 0 Å². The Morgan fingerprint density at radius 3 is 2.68 bits per heavy atom. The number of halogens is 1. The summed E-state index contributed by atoms with van der Waals surface area (Å²) >= 11 is 0. The Balaban J connectivity index is 0.00000176. The predicted molar refractivity (Wildman–Crippen MR) is 91.4 cm³/mol. The highest BCUT2D eigenvalue weighted by Crippen LogP contribution is 2.23. The number of hydrogen-bond acceptors (Lipinski definition) is 3. The molecule has 0 spiro atoms. The van der Waals surface area contributed by atoms with Gasteiger partial charge in [0.15, 0.2) is 0 Å². The van der Waals surface area contributed by atoms with Crippen molar-refractivity contribution in [3.8, 4) is 0 Å². The summed E-state index contributed by atoms with van der Waals surface area (Å²) in [5, 5.41) is 6.54. The molecule has 2 N–H and O–H groups in total. The van der Waals surface area contributed by atoms with Crippen LogP contribution in [-0.4, -0.2) is 43.0 Å². The molecule has 1 atom stereocenters. The van der Waals surface area contributed by atoms with E-state index in [0.29, 0.717) is 18.6 Å². The van der Waals surface area contributed by atoms with Gasteiger partial charge in [-0.1, -0.05) is 31.2 Å². The van der Waals surface area contributed by atoms with Gasteiger partial charge in [0.05, 0.1) is 6.54 Å². The lowest BCUT2D eigenvalue weighted by atomic mass is 10.0. The average Bonchev–Trinajstić information content (AvgIpc) is 3.32. The van der Waals surface area contributed by atoms with Crippen molar-refractivity contribution in [3.63, 3.8) is 0 Å². The number of rotatable bonds is 5. The van der Waals surface area contributed by atoms with E-state index >= 15 is 0 Å². The molecular weight excluding hydrogens is 298 g/mol. The van der Waals surface area contributed by atoms with Crippen LogP contribution in [0.3, 0.4) is 0 Å². The first-order valence-electron chi connectivity index (χ1n) is 8.09. The van der Waals surface area contributed by atoms with E-state index in [-0.39, 0.29) is 18.3 Å². The molecule has 3 rings (SSSR count). The van der Waals surface area contributed by atoms with Gasteiger partial charge in [0.2, 0.25) is 5.91 Å². The first kappa shape index (κ1) is 17.3. The van der Waals surface area contributed by atoms with Gasteiger partial charge in [0, 0.05) is 31.7 Å². The van der Waals surface area contributed by atoms with Crippen LogP contribution in [0.15, 0.2) is 24.3 Å². The molecular formula is C17H26ClN3O. The second kappa shape index (κ2) is 7.95. The zero-order chi connectivity index (χ0) is 14.7. The van der Waals surface area contributed by atoms with Crippen molar-refractivity contribution < 1.29 is 4.79 Å². The third kappa shape index (κ3) is 4.45. The molecule has 4 nitrogen and oxygen atoms in total. The zero-order valence-electron chi connectivity index (χ0n) is 13.2. The molecule has 2 aliphatic rings. The standard InChI is InChI=1S/C17H25N3O.ClH/c1-2-13-3-5-14(6-4-13)16-11-18-9-10-20(16)12-17(21)19-15-7-8-15;/h3-6,15-16,18H,2,7-12H2,1H3,(H,19,21);1H. The third-order valence-electron chi connectivity index (χ3n) is 4.42. The number of piperazine rings is 1. The van der Waals surface area contributed by atoms with E-state index in [2.05, 4.69) is 46.7 Å². The van der Waals surface area contributed by atoms with Crippen molar-refractivity contribution in [2.75, 3.05) is 26.2 Å². The molecule has 2 fully saturated rings. The van der Waals surface area contributed by atoms with Crippen molar-refractivity contribution in [1.29, 1.82) is 0 Å². The summed E-state index contributed by atoms with van der Waals surface area (Å²) in [5.74, 6) is 0.176. The highest BCUT2D eigenvalue weighted by molar-refractivity contribution is 5.85. The highest BCUT2D eigenvalue weighted by atomic mass is 35.5. The number of amides is 1. The van der Waals surface area contributed by atoms with Crippen molar-refractivity contribution in [2.45, 2.75) is 38.3 Å². The van der Waals surface area contributed by atoms with Crippen molar-refractivity contribution >= 4 is 18.3 Å². The van der Waals surface area contributed by atoms with Crippen LogP contribution in [0, 0.1) is 0 Å². The Labute approximate surface area is 139 Å². The minimum absolute atomic E-state index is 0. The van der Waals surface area contributed by atoms with Crippen LogP contribution < -0.4 is 10.6 Å². The van der Waals surface area contributed by atoms with Crippen LogP contribution in [0.2, 0.25) is 0 Å². The SMILES string of the molecule is CCc1ccc(C2CNCCN2CC(=O)NC2CC2)cc1.Cl. The van der Waals surface area contributed by atoms with Gasteiger partial charge in [0.1, 0.15) is 0 Å². The number of benzene rings is 1. The summed E-state index contributed by atoms with van der Waals surface area (Å²) in [6.45, 7) is 5.49. The smallest absolute Gasteiger partial charge is 0.234 e. The van der Waals surface area contributed by atoms with E-state index in [0.717, 1.165) is 38.9 Å². The van der Waals surface area contributed by atoms with Crippen LogP contribution in [-0.2, 0) is 11.2 Å². The van der Waals surface area contributed by atoms with Crippen LogP contribution in [0.4, 0.5) is 0 Å². The van der Waals surface area contributed by atoms with Gasteiger partial charge in [-0.2, -0.15) is 0 Å². The topological polar surface area (TPSA) is 44.4 Å². The quantitative estimate of drug-likeness (QED) is 0.870. The Morgan fingerprint density at radius 2 is 2.05 bits per heavy atom. The van der Waals surface area contributed by atoms with E-state index in [1.54, 1.807) is 0 Å². The fourth-order valence-electron chi connectivity index (χ4n) is 2.93. The normalized spacial score (nSPS) is 22.0. The largest absolute Gasteiger partial charge is 0.352 e. The molecule has 1 heterocycles. The molecule has 1 amide bonds. The van der Waals surface area contributed by atoms with E-state index in [1.165, 1.54) is 11.1 Å². The lowest BCUT2D eigenvalue weighted by Crippen LogP contribution is -2.49. The molecule has 0 bridgehead atoms. The molecule has 1 saturated heterocycles. The Bertz CT molecular complexity index is 487. The molecule has 1 aliphatic carbocycles. The fourth-order valence-corrected chi connectivity index (χ4v) is 2.93. The number of nitrogens with zero attached hydrogens (tertiary/aromatic N) is 1. The summed E-state index contributed by atoms with van der Waals surface area (Å²) in [4.78, 5) is 14.4. The molecule has 0 radical (unpaired) electrons. The van der Waals surface area contributed by atoms with E-state index in [4.69, 9.17) is 0 Å². The number of nitrogens with one attached hydrogen (secondary N) is 2. The maximum absolute atomic E-state index is 12.1. The number of carbonyl (C=O) groups excluding carboxylic acids is 1. The molecule has 1 saturated carbocycles. The Morgan fingerprint density at radius 1 is 1.32 bits per heavy atom. The summed E-state index contributed by atoms with van der Waals surface area (Å²) < 4.78 is 0. The first-order valence-corrected chi connectivity index (χ1v) is 8.09. The second-order valence-corrected chi connectivity index (χ2v) is 6.13. The molecule has 1 aromatic carbocycles. The van der Waals surface area contributed by atoms with Gasteiger partial charge in [-0.3, -0.25) is 9.69 Å². The summed E-state index contributed by atoms with van der Waals surface area (Å²) in [7, 11) is 0. The zero-order valence-corrected chi connectivity index (χ0v) is 14.0. The van der Waals surface area contributed by atoms with Crippen LogP contribution >= 0.6 is 12.4 Å². The highest BCUT2D eigenvalue weighted by Gasteiger charge is 2.28. The molecule has 5 heteroatoms. The van der Waals surface area contributed by atoms with Crippen molar-refractivity contribution in [3.05, 3.63) is 35.4 Å². The van der Waals surface area contributed by atoms with Crippen LogP contribution in [0.5, 0.6) is 0 Å². The van der Waals surface area contributed by atoms with E-state index < -0.39 is 0 Å². The lowest BCUT2D eigenvalue weighted by molar-refractivity contribution is -0.123. The molecule has 122 valence electrons.